The zero-order valence-corrected chi connectivity index (χ0v) is 23.1. The standard InChI is InChI=1S/C28H43N5O5/c1-20(2)7-10-33-19-23-17-25(33)28(36)31-11-8-22(9-12-31)18-32(21(3)34)13-14-37-15-16-38-26-6-4-5-24(30-26)27(35)29-23/h4-6,20,22-23,25H,7-19H2,1-3H3,(H,29,35)/t23-,25-/m0/s1. The average molecular weight is 530 g/mol. The molecule has 0 saturated carbocycles. The zero-order chi connectivity index (χ0) is 27.1. The van der Waals surface area contributed by atoms with Crippen molar-refractivity contribution in [3.63, 3.8) is 0 Å². The second-order valence-electron chi connectivity index (χ2n) is 11.2. The Morgan fingerprint density at radius 3 is 2.63 bits per heavy atom. The number of nitrogens with one attached hydrogen (secondary N) is 1. The first-order valence-corrected chi connectivity index (χ1v) is 14.1. The Labute approximate surface area is 226 Å². The summed E-state index contributed by atoms with van der Waals surface area (Å²) in [6.45, 7) is 11.1. The van der Waals surface area contributed by atoms with Gasteiger partial charge in [-0.05, 0) is 50.1 Å². The van der Waals surface area contributed by atoms with E-state index in [-0.39, 0.29) is 35.5 Å². The molecule has 1 aromatic rings. The third-order valence-electron chi connectivity index (χ3n) is 7.81. The molecule has 3 amide bonds. The van der Waals surface area contributed by atoms with Crippen LogP contribution in [0.15, 0.2) is 18.2 Å². The quantitative estimate of drug-likeness (QED) is 0.596. The van der Waals surface area contributed by atoms with Gasteiger partial charge < -0.3 is 24.6 Å². The maximum atomic E-state index is 13.7. The van der Waals surface area contributed by atoms with Crippen LogP contribution >= 0.6 is 0 Å². The van der Waals surface area contributed by atoms with Gasteiger partial charge in [0.2, 0.25) is 17.7 Å². The first-order chi connectivity index (χ1) is 18.3. The molecule has 10 heteroatoms. The Morgan fingerprint density at radius 1 is 1.11 bits per heavy atom. The highest BCUT2D eigenvalue weighted by Crippen LogP contribution is 2.25. The van der Waals surface area contributed by atoms with Gasteiger partial charge >= 0.3 is 0 Å². The first-order valence-electron chi connectivity index (χ1n) is 14.1. The van der Waals surface area contributed by atoms with E-state index in [9.17, 15) is 14.4 Å². The van der Waals surface area contributed by atoms with Gasteiger partial charge in [-0.2, -0.15) is 0 Å². The van der Waals surface area contributed by atoms with E-state index in [1.54, 1.807) is 25.1 Å². The number of amides is 3. The van der Waals surface area contributed by atoms with Crippen LogP contribution in [0.2, 0.25) is 0 Å². The van der Waals surface area contributed by atoms with Gasteiger partial charge in [-0.15, -0.1) is 0 Å². The number of carbonyl (C=O) groups excluding carboxylic acids is 3. The maximum absolute atomic E-state index is 13.7. The van der Waals surface area contributed by atoms with Crippen molar-refractivity contribution >= 4 is 17.7 Å². The topological polar surface area (TPSA) is 104 Å². The molecular weight excluding hydrogens is 486 g/mol. The zero-order valence-electron chi connectivity index (χ0n) is 23.1. The lowest BCUT2D eigenvalue weighted by molar-refractivity contribution is -0.138. The molecule has 10 nitrogen and oxygen atoms in total. The Balaban J connectivity index is 1.50. The van der Waals surface area contributed by atoms with Crippen LogP contribution < -0.4 is 10.1 Å². The molecule has 2 atom stereocenters. The monoisotopic (exact) mass is 529 g/mol. The largest absolute Gasteiger partial charge is 0.475 e. The van der Waals surface area contributed by atoms with Gasteiger partial charge in [0.05, 0.1) is 19.3 Å². The van der Waals surface area contributed by atoms with E-state index in [2.05, 4.69) is 29.0 Å². The number of hydrogen-bond acceptors (Lipinski definition) is 7. The number of pyridine rings is 1. The fraction of sp³-hybridized carbons (Fsp3) is 0.714. The second kappa shape index (κ2) is 13.4. The van der Waals surface area contributed by atoms with E-state index < -0.39 is 0 Å². The number of aromatic nitrogens is 1. The van der Waals surface area contributed by atoms with Crippen molar-refractivity contribution in [2.24, 2.45) is 11.8 Å². The second-order valence-corrected chi connectivity index (χ2v) is 11.2. The highest BCUT2D eigenvalue weighted by molar-refractivity contribution is 5.92. The molecular formula is C28H43N5O5. The van der Waals surface area contributed by atoms with Gasteiger partial charge in [0, 0.05) is 51.8 Å². The number of ether oxygens (including phenoxy) is 2. The van der Waals surface area contributed by atoms with Crippen LogP contribution in [0.4, 0.5) is 0 Å². The number of nitrogens with zero attached hydrogens (tertiary/aromatic N) is 4. The number of likely N-dealkylation sites (tertiary alicyclic amines) is 1. The van der Waals surface area contributed by atoms with Crippen LogP contribution in [-0.4, -0.2) is 109 Å². The molecule has 4 aliphatic rings. The van der Waals surface area contributed by atoms with Crippen molar-refractivity contribution in [2.75, 3.05) is 59.1 Å². The van der Waals surface area contributed by atoms with E-state index in [0.717, 1.165) is 25.8 Å². The summed E-state index contributed by atoms with van der Waals surface area (Å²) in [6.07, 6.45) is 3.35. The summed E-state index contributed by atoms with van der Waals surface area (Å²) in [5, 5.41) is 3.11. The summed E-state index contributed by atoms with van der Waals surface area (Å²) >= 11 is 0. The Kier molecular flexibility index (Phi) is 9.96. The minimum absolute atomic E-state index is 0.0396. The molecule has 2 fully saturated rings. The molecule has 6 bridgehead atoms. The minimum Gasteiger partial charge on any atom is -0.475 e. The number of hydrogen-bond donors (Lipinski definition) is 1. The van der Waals surface area contributed by atoms with E-state index in [1.807, 2.05) is 9.80 Å². The molecule has 5 heterocycles. The summed E-state index contributed by atoms with van der Waals surface area (Å²) < 4.78 is 11.4. The number of fused-ring (bicyclic) bond motifs is 10. The van der Waals surface area contributed by atoms with Crippen LogP contribution in [0.5, 0.6) is 5.88 Å². The molecule has 0 unspecified atom stereocenters. The summed E-state index contributed by atoms with van der Waals surface area (Å²) in [5.41, 5.74) is 0.289. The van der Waals surface area contributed by atoms with E-state index in [0.29, 0.717) is 76.7 Å². The summed E-state index contributed by atoms with van der Waals surface area (Å²) in [7, 11) is 0. The van der Waals surface area contributed by atoms with Crippen molar-refractivity contribution in [3.05, 3.63) is 23.9 Å². The van der Waals surface area contributed by atoms with Gasteiger partial charge in [0.25, 0.3) is 5.91 Å². The van der Waals surface area contributed by atoms with Gasteiger partial charge in [-0.3, -0.25) is 19.3 Å². The lowest BCUT2D eigenvalue weighted by Gasteiger charge is -2.37. The molecule has 38 heavy (non-hydrogen) atoms. The number of piperidine rings is 1. The summed E-state index contributed by atoms with van der Waals surface area (Å²) in [5.74, 6) is 1.19. The predicted octanol–water partition coefficient (Wildman–Crippen LogP) is 1.80. The molecule has 0 spiro atoms. The SMILES string of the molecule is CC(=O)N1CCOCCOc2cccc(n2)C(=O)N[C@H]2C[C@@H](C(=O)N3CCC(CC3)C1)N(CCC(C)C)C2. The molecule has 4 aliphatic heterocycles. The van der Waals surface area contributed by atoms with Gasteiger partial charge in [-0.25, -0.2) is 4.98 Å². The van der Waals surface area contributed by atoms with E-state index in [1.165, 1.54) is 0 Å². The Morgan fingerprint density at radius 2 is 1.89 bits per heavy atom. The van der Waals surface area contributed by atoms with Crippen LogP contribution in [0.1, 0.15) is 56.9 Å². The van der Waals surface area contributed by atoms with Crippen molar-refractivity contribution in [3.8, 4) is 5.88 Å². The summed E-state index contributed by atoms with van der Waals surface area (Å²) in [4.78, 5) is 49.4. The van der Waals surface area contributed by atoms with E-state index >= 15 is 0 Å². The van der Waals surface area contributed by atoms with E-state index in [4.69, 9.17) is 9.47 Å². The average Bonchev–Trinajstić information content (AvgIpc) is 3.30. The van der Waals surface area contributed by atoms with Gasteiger partial charge in [-0.1, -0.05) is 19.9 Å². The van der Waals surface area contributed by atoms with Gasteiger partial charge in [0.15, 0.2) is 0 Å². The van der Waals surface area contributed by atoms with Gasteiger partial charge in [0.1, 0.15) is 12.3 Å². The van der Waals surface area contributed by atoms with Crippen LogP contribution in [-0.2, 0) is 14.3 Å². The molecule has 1 aromatic heterocycles. The maximum Gasteiger partial charge on any atom is 0.270 e. The van der Waals surface area contributed by atoms with Crippen molar-refractivity contribution in [1.29, 1.82) is 0 Å². The number of carbonyl (C=O) groups is 3. The lowest BCUT2D eigenvalue weighted by atomic mass is 9.95. The first kappa shape index (κ1) is 28.3. The third-order valence-corrected chi connectivity index (χ3v) is 7.81. The fourth-order valence-corrected chi connectivity index (χ4v) is 5.53. The van der Waals surface area contributed by atoms with Crippen LogP contribution in [0.25, 0.3) is 0 Å². The molecule has 2 saturated heterocycles. The molecule has 0 aromatic carbocycles. The smallest absolute Gasteiger partial charge is 0.270 e. The number of rotatable bonds is 3. The normalized spacial score (nSPS) is 26.2. The molecule has 1 N–H and O–H groups in total. The molecule has 0 radical (unpaired) electrons. The Bertz CT molecular complexity index is 965. The van der Waals surface area contributed by atoms with Crippen molar-refractivity contribution in [2.45, 2.75) is 58.5 Å². The highest BCUT2D eigenvalue weighted by atomic mass is 16.5. The highest BCUT2D eigenvalue weighted by Gasteiger charge is 2.40. The lowest BCUT2D eigenvalue weighted by Crippen LogP contribution is -2.49. The van der Waals surface area contributed by atoms with Crippen LogP contribution in [0, 0.1) is 11.8 Å². The van der Waals surface area contributed by atoms with Crippen molar-refractivity contribution < 1.29 is 23.9 Å². The summed E-state index contributed by atoms with van der Waals surface area (Å²) in [6, 6.07) is 4.77. The fourth-order valence-electron chi connectivity index (χ4n) is 5.53. The molecule has 5 rings (SSSR count). The molecule has 210 valence electrons. The minimum atomic E-state index is -0.260. The van der Waals surface area contributed by atoms with Crippen LogP contribution in [0.3, 0.4) is 0 Å². The molecule has 0 aliphatic carbocycles. The van der Waals surface area contributed by atoms with Crippen molar-refractivity contribution in [1.82, 2.24) is 25.0 Å². The third kappa shape index (κ3) is 7.66. The predicted molar refractivity (Wildman–Crippen MR) is 143 cm³/mol. The Hall–Kier alpha value is -2.72.